The van der Waals surface area contributed by atoms with Gasteiger partial charge in [0.1, 0.15) is 0 Å². The van der Waals surface area contributed by atoms with Crippen molar-refractivity contribution in [2.45, 2.75) is 6.04 Å². The van der Waals surface area contributed by atoms with Crippen molar-refractivity contribution in [3.05, 3.63) is 23.2 Å². The lowest BCUT2D eigenvalue weighted by Crippen LogP contribution is -2.61. The summed E-state index contributed by atoms with van der Waals surface area (Å²) in [6.07, 6.45) is 0. The number of likely N-dealkylation sites (N-methyl/N-ethyl adjacent to an activating group) is 1. The van der Waals surface area contributed by atoms with Crippen molar-refractivity contribution < 1.29 is 4.79 Å². The predicted molar refractivity (Wildman–Crippen MR) is 68.9 cm³/mol. The number of piperazine rings is 1. The molecule has 1 saturated heterocycles. The van der Waals surface area contributed by atoms with E-state index in [9.17, 15) is 4.79 Å². The lowest BCUT2D eigenvalue weighted by atomic mass is 10.0. The Labute approximate surface area is 105 Å². The number of fused-ring (bicyclic) bond motifs is 3. The second kappa shape index (κ2) is 3.89. The molecule has 2 aliphatic heterocycles. The monoisotopic (exact) mass is 251 g/mol. The van der Waals surface area contributed by atoms with Crippen LogP contribution < -0.4 is 15.1 Å². The molecular formula is C12H14ClN3O. The summed E-state index contributed by atoms with van der Waals surface area (Å²) in [6.45, 7) is 2.05. The highest BCUT2D eigenvalue weighted by molar-refractivity contribution is 6.34. The number of anilines is 2. The Kier molecular flexibility index (Phi) is 2.49. The van der Waals surface area contributed by atoms with Gasteiger partial charge in [-0.15, -0.1) is 0 Å². The van der Waals surface area contributed by atoms with Gasteiger partial charge in [0.2, 0.25) is 5.91 Å². The minimum absolute atomic E-state index is 0.101. The molecule has 1 fully saturated rings. The molecule has 1 N–H and O–H groups in total. The number of carbonyl (C=O) groups is 1. The molecule has 0 saturated carbocycles. The average molecular weight is 252 g/mol. The summed E-state index contributed by atoms with van der Waals surface area (Å²) in [5, 5.41) is 3.79. The topological polar surface area (TPSA) is 35.6 Å². The highest BCUT2D eigenvalue weighted by Gasteiger charge is 2.36. The van der Waals surface area contributed by atoms with Gasteiger partial charge in [0.15, 0.2) is 0 Å². The number of para-hydroxylation sites is 1. The minimum atomic E-state index is 0.101. The quantitative estimate of drug-likeness (QED) is 0.750. The van der Waals surface area contributed by atoms with Crippen molar-refractivity contribution in [2.24, 2.45) is 0 Å². The summed E-state index contributed by atoms with van der Waals surface area (Å²) in [5.74, 6) is 0.101. The first kappa shape index (κ1) is 10.9. The lowest BCUT2D eigenvalue weighted by molar-refractivity contribution is -0.119. The van der Waals surface area contributed by atoms with Crippen LogP contribution >= 0.6 is 11.6 Å². The third-order valence-corrected chi connectivity index (χ3v) is 3.70. The maximum absolute atomic E-state index is 12.0. The van der Waals surface area contributed by atoms with Crippen LogP contribution in [0.2, 0.25) is 5.02 Å². The van der Waals surface area contributed by atoms with Crippen LogP contribution in [0.3, 0.4) is 0 Å². The summed E-state index contributed by atoms with van der Waals surface area (Å²) >= 11 is 6.25. The number of rotatable bonds is 0. The van der Waals surface area contributed by atoms with Gasteiger partial charge in [0.05, 0.1) is 29.0 Å². The third-order valence-electron chi connectivity index (χ3n) is 3.39. The van der Waals surface area contributed by atoms with Crippen molar-refractivity contribution in [1.82, 2.24) is 5.32 Å². The van der Waals surface area contributed by atoms with Gasteiger partial charge in [-0.1, -0.05) is 17.7 Å². The van der Waals surface area contributed by atoms with Gasteiger partial charge in [0.25, 0.3) is 0 Å². The largest absolute Gasteiger partial charge is 0.371 e. The summed E-state index contributed by atoms with van der Waals surface area (Å²) in [4.78, 5) is 16.0. The molecule has 2 heterocycles. The predicted octanol–water partition coefficient (Wildman–Crippen LogP) is 1.09. The molecule has 3 rings (SSSR count). The number of carbonyl (C=O) groups excluding carboxylic acids is 1. The Morgan fingerprint density at radius 3 is 3.12 bits per heavy atom. The van der Waals surface area contributed by atoms with Crippen LogP contribution in [0.4, 0.5) is 11.4 Å². The van der Waals surface area contributed by atoms with E-state index >= 15 is 0 Å². The molecule has 0 aliphatic carbocycles. The van der Waals surface area contributed by atoms with E-state index in [1.807, 2.05) is 30.1 Å². The molecule has 1 amide bonds. The van der Waals surface area contributed by atoms with Crippen LogP contribution in [0.15, 0.2) is 18.2 Å². The second-order valence-corrected chi connectivity index (χ2v) is 4.94. The van der Waals surface area contributed by atoms with Gasteiger partial charge >= 0.3 is 0 Å². The fourth-order valence-electron chi connectivity index (χ4n) is 2.64. The minimum Gasteiger partial charge on any atom is -0.371 e. The number of halogens is 1. The summed E-state index contributed by atoms with van der Waals surface area (Å²) in [7, 11) is 2.03. The van der Waals surface area contributed by atoms with E-state index in [1.54, 1.807) is 0 Å². The van der Waals surface area contributed by atoms with Gasteiger partial charge in [0, 0.05) is 20.1 Å². The molecule has 0 spiro atoms. The Morgan fingerprint density at radius 2 is 2.29 bits per heavy atom. The zero-order chi connectivity index (χ0) is 12.0. The van der Waals surface area contributed by atoms with Crippen LogP contribution in [0, 0.1) is 0 Å². The number of hydrogen-bond donors (Lipinski definition) is 1. The molecule has 1 atom stereocenters. The van der Waals surface area contributed by atoms with E-state index in [-0.39, 0.29) is 11.9 Å². The van der Waals surface area contributed by atoms with Gasteiger partial charge in [-0.2, -0.15) is 0 Å². The number of amides is 1. The summed E-state index contributed by atoms with van der Waals surface area (Å²) in [5.41, 5.74) is 1.89. The van der Waals surface area contributed by atoms with Crippen molar-refractivity contribution in [3.8, 4) is 0 Å². The van der Waals surface area contributed by atoms with E-state index in [0.29, 0.717) is 11.6 Å². The summed E-state index contributed by atoms with van der Waals surface area (Å²) < 4.78 is 0. The Balaban J connectivity index is 2.15. The zero-order valence-electron chi connectivity index (χ0n) is 9.61. The normalized spacial score (nSPS) is 23.4. The van der Waals surface area contributed by atoms with Crippen LogP contribution in [0.1, 0.15) is 0 Å². The summed E-state index contributed by atoms with van der Waals surface area (Å²) in [6, 6.07) is 5.94. The molecule has 1 aromatic carbocycles. The Hall–Kier alpha value is -1.26. The van der Waals surface area contributed by atoms with Crippen LogP contribution in [-0.2, 0) is 4.79 Å². The lowest BCUT2D eigenvalue weighted by Gasteiger charge is -2.44. The number of benzene rings is 1. The molecule has 0 aromatic heterocycles. The maximum atomic E-state index is 12.0. The first-order valence-electron chi connectivity index (χ1n) is 5.71. The van der Waals surface area contributed by atoms with Gasteiger partial charge in [-0.3, -0.25) is 4.79 Å². The van der Waals surface area contributed by atoms with Gasteiger partial charge in [-0.25, -0.2) is 0 Å². The molecule has 17 heavy (non-hydrogen) atoms. The third kappa shape index (κ3) is 1.59. The van der Waals surface area contributed by atoms with Crippen LogP contribution in [-0.4, -0.2) is 38.6 Å². The molecule has 1 aromatic rings. The van der Waals surface area contributed by atoms with Crippen molar-refractivity contribution >= 4 is 28.9 Å². The molecule has 90 valence electrons. The molecule has 0 radical (unpaired) electrons. The van der Waals surface area contributed by atoms with E-state index < -0.39 is 0 Å². The Bertz CT molecular complexity index is 477. The fourth-order valence-corrected chi connectivity index (χ4v) is 2.90. The molecule has 5 heteroatoms. The van der Waals surface area contributed by atoms with Gasteiger partial charge in [-0.05, 0) is 12.1 Å². The first-order chi connectivity index (χ1) is 8.18. The van der Waals surface area contributed by atoms with Crippen LogP contribution in [0.5, 0.6) is 0 Å². The van der Waals surface area contributed by atoms with Crippen molar-refractivity contribution in [1.29, 1.82) is 0 Å². The highest BCUT2D eigenvalue weighted by atomic mass is 35.5. The highest BCUT2D eigenvalue weighted by Crippen LogP contribution is 2.40. The zero-order valence-corrected chi connectivity index (χ0v) is 10.4. The number of hydrogen-bond acceptors (Lipinski definition) is 3. The van der Waals surface area contributed by atoms with E-state index in [4.69, 9.17) is 11.6 Å². The average Bonchev–Trinajstić information content (AvgIpc) is 2.30. The molecule has 1 unspecified atom stereocenters. The molecule has 0 bridgehead atoms. The molecular weight excluding hydrogens is 238 g/mol. The first-order valence-corrected chi connectivity index (χ1v) is 6.08. The SMILES string of the molecule is CN1CC2CNCC(=O)N2c2c(Cl)cccc21. The van der Waals surface area contributed by atoms with Gasteiger partial charge < -0.3 is 15.1 Å². The fraction of sp³-hybridized carbons (Fsp3) is 0.417. The molecule has 2 aliphatic rings. The standard InChI is InChI=1S/C12H14ClN3O/c1-15-7-8-5-14-6-11(17)16(8)12-9(13)3-2-4-10(12)15/h2-4,8,14H,5-7H2,1H3. The van der Waals surface area contributed by atoms with Crippen molar-refractivity contribution in [3.63, 3.8) is 0 Å². The maximum Gasteiger partial charge on any atom is 0.241 e. The number of nitrogens with zero attached hydrogens (tertiary/aromatic N) is 2. The van der Waals surface area contributed by atoms with E-state index in [1.165, 1.54) is 0 Å². The van der Waals surface area contributed by atoms with Crippen LogP contribution in [0.25, 0.3) is 0 Å². The van der Waals surface area contributed by atoms with E-state index in [2.05, 4.69) is 10.2 Å². The number of nitrogens with one attached hydrogen (secondary N) is 1. The Morgan fingerprint density at radius 1 is 1.47 bits per heavy atom. The second-order valence-electron chi connectivity index (χ2n) is 4.54. The smallest absolute Gasteiger partial charge is 0.241 e. The molecule has 4 nitrogen and oxygen atoms in total. The van der Waals surface area contributed by atoms with E-state index in [0.717, 1.165) is 24.5 Å². The van der Waals surface area contributed by atoms with Crippen molar-refractivity contribution in [2.75, 3.05) is 36.5 Å².